The lowest BCUT2D eigenvalue weighted by atomic mass is 9.99. The van der Waals surface area contributed by atoms with Crippen LogP contribution in [0.2, 0.25) is 0 Å². The molecule has 0 aromatic carbocycles. The number of carboxylic acid groups (broad SMARTS) is 1. The van der Waals surface area contributed by atoms with E-state index in [1.54, 1.807) is 55.4 Å². The van der Waals surface area contributed by atoms with Crippen molar-refractivity contribution in [3.05, 3.63) is 0 Å². The van der Waals surface area contributed by atoms with Gasteiger partial charge in [0.2, 0.25) is 70.9 Å². The van der Waals surface area contributed by atoms with Crippen LogP contribution < -0.4 is 70.0 Å². The van der Waals surface area contributed by atoms with Crippen molar-refractivity contribution in [2.45, 2.75) is 189 Å². The zero-order chi connectivity index (χ0) is 61.7. The molecule has 0 saturated carbocycles. The standard InChI is InChI=1S/C52H93N13O15/c1-25(2)14-32(45(54)73)58-40(68)22-55-47(75)34(16-27(5)6)64-52(80)44(31(13)66)65-42(70)24-57-46(74)33(15-26(3)4)61-50(78)36(18-29(9)10)60-41(69)23-56-48(76)38(20-43(71)72)63-51(79)37(19-30(11)12)62-49(77)35(17-28(7)8)59-39(67)21-53/h25-38,44,66H,14-24,53H2,1-13H3,(H2,54,73)(H,55,75)(H,56,76)(H,57,74)(H,58,68)(H,59,67)(H,60,69)(H,61,78)(H,62,77)(H,63,79)(H,64,80)(H,65,70)(H,71,72)/t31-,32+,33+,34+,35+,36+,37+,38+,44+/m1/s1. The predicted octanol–water partition coefficient (Wildman–Crippen LogP) is -3.21. The molecule has 0 aliphatic heterocycles. The molecule has 0 rings (SSSR count). The first-order valence-corrected chi connectivity index (χ1v) is 27.2. The van der Waals surface area contributed by atoms with Crippen molar-refractivity contribution in [1.29, 1.82) is 0 Å². The summed E-state index contributed by atoms with van der Waals surface area (Å²) in [5, 5.41) is 47.1. The van der Waals surface area contributed by atoms with Crippen LogP contribution in [0.4, 0.5) is 0 Å². The second kappa shape index (κ2) is 37.1. The van der Waals surface area contributed by atoms with Crippen LogP contribution in [0.25, 0.3) is 0 Å². The summed E-state index contributed by atoms with van der Waals surface area (Å²) in [7, 11) is 0. The van der Waals surface area contributed by atoms with Gasteiger partial charge in [0.25, 0.3) is 0 Å². The number of hydrogen-bond donors (Lipinski definition) is 15. The molecule has 0 aliphatic carbocycles. The van der Waals surface area contributed by atoms with Crippen LogP contribution in [0.1, 0.15) is 135 Å². The van der Waals surface area contributed by atoms with Gasteiger partial charge in [0.1, 0.15) is 48.3 Å². The molecule has 0 fully saturated rings. The second-order valence-electron chi connectivity index (χ2n) is 22.5. The lowest BCUT2D eigenvalue weighted by molar-refractivity contribution is -0.141. The van der Waals surface area contributed by atoms with Crippen molar-refractivity contribution in [3.63, 3.8) is 0 Å². The molecule has 0 saturated heterocycles. The number of rotatable bonds is 38. The summed E-state index contributed by atoms with van der Waals surface area (Å²) in [5.74, 6) is -12.3. The Balaban J connectivity index is 6.02. The van der Waals surface area contributed by atoms with Crippen LogP contribution in [0.3, 0.4) is 0 Å². The van der Waals surface area contributed by atoms with Crippen molar-refractivity contribution in [3.8, 4) is 0 Å². The molecular formula is C52H93N13O15. The average Bonchev–Trinajstić information content (AvgIpc) is 3.32. The summed E-state index contributed by atoms with van der Waals surface area (Å²) >= 11 is 0. The Morgan fingerprint density at radius 2 is 0.613 bits per heavy atom. The third-order valence-corrected chi connectivity index (χ3v) is 11.7. The number of nitrogens with one attached hydrogen (secondary N) is 11. The molecule has 80 heavy (non-hydrogen) atoms. The van der Waals surface area contributed by atoms with E-state index in [9.17, 15) is 72.5 Å². The lowest BCUT2D eigenvalue weighted by Crippen LogP contribution is -2.59. The van der Waals surface area contributed by atoms with E-state index in [1.165, 1.54) is 6.92 Å². The summed E-state index contributed by atoms with van der Waals surface area (Å²) < 4.78 is 0. The van der Waals surface area contributed by atoms with E-state index in [1.807, 2.05) is 27.7 Å². The lowest BCUT2D eigenvalue weighted by Gasteiger charge is -2.27. The molecule has 12 amide bonds. The van der Waals surface area contributed by atoms with Gasteiger partial charge in [-0.05, 0) is 81.0 Å². The van der Waals surface area contributed by atoms with Crippen molar-refractivity contribution < 1.29 is 72.5 Å². The fraction of sp³-hybridized carbons (Fsp3) is 0.750. The number of carbonyl (C=O) groups excluding carboxylic acids is 12. The van der Waals surface area contributed by atoms with Crippen LogP contribution in [0.5, 0.6) is 0 Å². The first-order valence-electron chi connectivity index (χ1n) is 27.2. The summed E-state index contributed by atoms with van der Waals surface area (Å²) in [6.07, 6.45) is -1.76. The van der Waals surface area contributed by atoms with Crippen molar-refractivity contribution in [2.75, 3.05) is 26.2 Å². The topological polar surface area (TPSA) is 447 Å². The highest BCUT2D eigenvalue weighted by Gasteiger charge is 2.35. The summed E-state index contributed by atoms with van der Waals surface area (Å²) in [5.41, 5.74) is 10.8. The molecule has 0 unspecified atom stereocenters. The van der Waals surface area contributed by atoms with Crippen molar-refractivity contribution >= 4 is 76.9 Å². The number of hydrogen-bond acceptors (Lipinski definition) is 15. The number of aliphatic hydroxyl groups excluding tert-OH is 1. The minimum Gasteiger partial charge on any atom is -0.481 e. The number of nitrogens with two attached hydrogens (primary N) is 2. The van der Waals surface area contributed by atoms with Crippen molar-refractivity contribution in [1.82, 2.24) is 58.5 Å². The van der Waals surface area contributed by atoms with Gasteiger partial charge in [-0.25, -0.2) is 0 Å². The SMILES string of the molecule is CC(C)C[C@H](NC(=O)CNC(=O)[C@H](CC(C)C)NC(=O)[C@@H](NC(=O)CNC(=O)[C@H](CC(C)C)NC(=O)[C@H](CC(C)C)NC(=O)CNC(=O)[C@H](CC(=O)O)NC(=O)[C@H](CC(C)C)NC(=O)[C@H](CC(C)C)NC(=O)CN)[C@@H](C)O)C(N)=O. The number of aliphatic carboxylic acids is 1. The number of aliphatic hydroxyl groups is 1. The van der Waals surface area contributed by atoms with Gasteiger partial charge in [0, 0.05) is 0 Å². The van der Waals surface area contributed by atoms with Crippen LogP contribution in [-0.2, 0) is 62.3 Å². The Morgan fingerprint density at radius 3 is 0.925 bits per heavy atom. The second-order valence-corrected chi connectivity index (χ2v) is 22.5. The zero-order valence-electron chi connectivity index (χ0n) is 48.8. The van der Waals surface area contributed by atoms with Gasteiger partial charge in [0.15, 0.2) is 0 Å². The highest BCUT2D eigenvalue weighted by atomic mass is 16.4. The number of carbonyl (C=O) groups is 13. The van der Waals surface area contributed by atoms with E-state index >= 15 is 0 Å². The first-order chi connectivity index (χ1) is 37.1. The maximum Gasteiger partial charge on any atom is 0.305 e. The Hall–Kier alpha value is -6.97. The Morgan fingerprint density at radius 1 is 0.350 bits per heavy atom. The van der Waals surface area contributed by atoms with Crippen LogP contribution >= 0.6 is 0 Å². The molecule has 17 N–H and O–H groups in total. The average molecular weight is 1140 g/mol. The quantitative estimate of drug-likeness (QED) is 0.0289. The fourth-order valence-corrected chi connectivity index (χ4v) is 7.94. The molecule has 28 nitrogen and oxygen atoms in total. The summed E-state index contributed by atoms with van der Waals surface area (Å²) in [6.45, 7) is 20.1. The molecule has 0 spiro atoms. The van der Waals surface area contributed by atoms with Gasteiger partial charge in [-0.2, -0.15) is 0 Å². The predicted molar refractivity (Wildman–Crippen MR) is 293 cm³/mol. The molecule has 0 radical (unpaired) electrons. The summed E-state index contributed by atoms with van der Waals surface area (Å²) in [4.78, 5) is 169. The highest BCUT2D eigenvalue weighted by Crippen LogP contribution is 2.13. The van der Waals surface area contributed by atoms with Gasteiger partial charge in [-0.1, -0.05) is 83.1 Å². The molecule has 0 bridgehead atoms. The Kier molecular flexibility index (Phi) is 33.8. The minimum absolute atomic E-state index is 0.0236. The Labute approximate surface area is 469 Å². The molecule has 0 heterocycles. The minimum atomic E-state index is -1.74. The monoisotopic (exact) mass is 1140 g/mol. The molecule has 456 valence electrons. The zero-order valence-corrected chi connectivity index (χ0v) is 48.8. The van der Waals surface area contributed by atoms with E-state index in [-0.39, 0.29) is 74.0 Å². The van der Waals surface area contributed by atoms with E-state index in [2.05, 4.69) is 58.5 Å². The van der Waals surface area contributed by atoms with Crippen LogP contribution in [0, 0.1) is 35.5 Å². The molecule has 0 aromatic heterocycles. The largest absolute Gasteiger partial charge is 0.481 e. The van der Waals surface area contributed by atoms with Gasteiger partial charge < -0.3 is 80.2 Å². The molecular weight excluding hydrogens is 1050 g/mol. The van der Waals surface area contributed by atoms with Gasteiger partial charge in [-0.15, -0.1) is 0 Å². The van der Waals surface area contributed by atoms with Gasteiger partial charge in [0.05, 0.1) is 38.7 Å². The van der Waals surface area contributed by atoms with E-state index < -0.39 is 164 Å². The van der Waals surface area contributed by atoms with E-state index in [4.69, 9.17) is 11.5 Å². The fourth-order valence-electron chi connectivity index (χ4n) is 7.94. The molecule has 0 aliphatic rings. The maximum absolute atomic E-state index is 13.8. The first kappa shape index (κ1) is 73.0. The van der Waals surface area contributed by atoms with E-state index in [0.29, 0.717) is 0 Å². The number of amides is 12. The molecule has 0 aromatic rings. The normalized spacial score (nSPS) is 14.7. The molecule has 9 atom stereocenters. The van der Waals surface area contributed by atoms with Crippen LogP contribution in [0.15, 0.2) is 0 Å². The number of carboxylic acids is 1. The summed E-state index contributed by atoms with van der Waals surface area (Å²) in [6, 6.07) is -10.5. The third-order valence-electron chi connectivity index (χ3n) is 11.7. The molecule has 28 heteroatoms. The van der Waals surface area contributed by atoms with Crippen molar-refractivity contribution in [2.24, 2.45) is 47.0 Å². The van der Waals surface area contributed by atoms with Gasteiger partial charge in [-0.3, -0.25) is 62.3 Å². The van der Waals surface area contributed by atoms with Gasteiger partial charge >= 0.3 is 5.97 Å². The maximum atomic E-state index is 13.8. The number of primary amides is 1. The smallest absolute Gasteiger partial charge is 0.305 e. The highest BCUT2D eigenvalue weighted by molar-refractivity contribution is 5.98. The van der Waals surface area contributed by atoms with E-state index in [0.717, 1.165) is 0 Å². The Bertz CT molecular complexity index is 2120. The third kappa shape index (κ3) is 31.0. The van der Waals surface area contributed by atoms with Crippen LogP contribution in [-0.4, -0.2) is 168 Å².